The summed E-state index contributed by atoms with van der Waals surface area (Å²) in [4.78, 5) is 1.45. The molecule has 0 amide bonds. The maximum atomic E-state index is 2.31. The fraction of sp³-hybridized carbons (Fsp3) is 0.538. The summed E-state index contributed by atoms with van der Waals surface area (Å²) in [6, 6.07) is 6.69. The van der Waals surface area contributed by atoms with Crippen molar-refractivity contribution in [2.45, 2.75) is 44.9 Å². The predicted octanol–water partition coefficient (Wildman–Crippen LogP) is 4.62. The van der Waals surface area contributed by atoms with Gasteiger partial charge in [-0.3, -0.25) is 0 Å². The highest BCUT2D eigenvalue weighted by Crippen LogP contribution is 2.29. The molecule has 0 saturated carbocycles. The molecular formula is C13H20S. The van der Waals surface area contributed by atoms with Crippen LogP contribution in [0.25, 0.3) is 0 Å². The van der Waals surface area contributed by atoms with E-state index in [-0.39, 0.29) is 0 Å². The molecule has 78 valence electrons. The Labute approximate surface area is 92.1 Å². The van der Waals surface area contributed by atoms with Crippen molar-refractivity contribution in [2.24, 2.45) is 0 Å². The van der Waals surface area contributed by atoms with E-state index in [9.17, 15) is 0 Å². The van der Waals surface area contributed by atoms with Gasteiger partial charge in [0.2, 0.25) is 0 Å². The first-order valence-electron chi connectivity index (χ1n) is 5.43. The largest absolute Gasteiger partial charge is 0.126 e. The fourth-order valence-electron chi connectivity index (χ4n) is 1.70. The normalized spacial score (nSPS) is 12.9. The first-order chi connectivity index (χ1) is 6.70. The van der Waals surface area contributed by atoms with Gasteiger partial charge in [-0.1, -0.05) is 32.9 Å². The molecule has 0 aliphatic rings. The average Bonchev–Trinajstić information content (AvgIpc) is 2.20. The maximum Gasteiger partial charge on any atom is 0.0104 e. The number of hydrogen-bond acceptors (Lipinski definition) is 1. The van der Waals surface area contributed by atoms with Crippen LogP contribution in [0.4, 0.5) is 0 Å². The molecule has 0 aromatic heterocycles. The summed E-state index contributed by atoms with van der Waals surface area (Å²) in [5, 5.41) is 0. The van der Waals surface area contributed by atoms with E-state index in [1.807, 2.05) is 11.8 Å². The first kappa shape index (κ1) is 11.6. The average molecular weight is 208 g/mol. The Kier molecular flexibility index (Phi) is 4.53. The highest BCUT2D eigenvalue weighted by molar-refractivity contribution is 7.99. The van der Waals surface area contributed by atoms with Crippen molar-refractivity contribution < 1.29 is 0 Å². The van der Waals surface area contributed by atoms with E-state index in [4.69, 9.17) is 0 Å². The van der Waals surface area contributed by atoms with Gasteiger partial charge in [0.25, 0.3) is 0 Å². The molecular weight excluding hydrogens is 188 g/mol. The van der Waals surface area contributed by atoms with E-state index in [1.165, 1.54) is 22.4 Å². The van der Waals surface area contributed by atoms with Crippen molar-refractivity contribution in [3.05, 3.63) is 29.3 Å². The molecule has 0 N–H and O–H groups in total. The summed E-state index contributed by atoms with van der Waals surface area (Å²) in [5.41, 5.74) is 3.00. The van der Waals surface area contributed by atoms with Gasteiger partial charge in [-0.25, -0.2) is 0 Å². The Morgan fingerprint density at radius 1 is 1.29 bits per heavy atom. The van der Waals surface area contributed by atoms with Crippen LogP contribution in [0.3, 0.4) is 0 Å². The van der Waals surface area contributed by atoms with E-state index in [0.717, 1.165) is 5.75 Å². The number of benzene rings is 1. The van der Waals surface area contributed by atoms with E-state index in [0.29, 0.717) is 5.92 Å². The van der Waals surface area contributed by atoms with Crippen molar-refractivity contribution in [1.82, 2.24) is 0 Å². The number of thioether (sulfide) groups is 1. The van der Waals surface area contributed by atoms with Gasteiger partial charge in [0.05, 0.1) is 0 Å². The molecule has 0 bridgehead atoms. The molecule has 0 fully saturated rings. The Hall–Kier alpha value is -0.430. The highest BCUT2D eigenvalue weighted by atomic mass is 32.2. The van der Waals surface area contributed by atoms with Crippen LogP contribution >= 0.6 is 11.8 Å². The topological polar surface area (TPSA) is 0 Å². The van der Waals surface area contributed by atoms with Crippen LogP contribution in [-0.2, 0) is 0 Å². The second-order valence-corrected chi connectivity index (χ2v) is 5.02. The lowest BCUT2D eigenvalue weighted by molar-refractivity contribution is 0.725. The van der Waals surface area contributed by atoms with Gasteiger partial charge in [-0.05, 0) is 42.2 Å². The van der Waals surface area contributed by atoms with E-state index < -0.39 is 0 Å². The lowest BCUT2D eigenvalue weighted by Crippen LogP contribution is -1.96. The molecule has 1 unspecified atom stereocenters. The van der Waals surface area contributed by atoms with Crippen molar-refractivity contribution in [2.75, 3.05) is 5.75 Å². The van der Waals surface area contributed by atoms with Crippen molar-refractivity contribution >= 4 is 11.8 Å². The lowest BCUT2D eigenvalue weighted by Gasteiger charge is -2.15. The Morgan fingerprint density at radius 3 is 2.57 bits per heavy atom. The van der Waals surface area contributed by atoms with Gasteiger partial charge < -0.3 is 0 Å². The summed E-state index contributed by atoms with van der Waals surface area (Å²) in [7, 11) is 0. The minimum atomic E-state index is 0.687. The van der Waals surface area contributed by atoms with Gasteiger partial charge in [-0.2, -0.15) is 0 Å². The third-order valence-electron chi connectivity index (χ3n) is 2.77. The minimum absolute atomic E-state index is 0.687. The Bertz CT molecular complexity index is 291. The van der Waals surface area contributed by atoms with Gasteiger partial charge in [0.1, 0.15) is 0 Å². The zero-order valence-corrected chi connectivity index (χ0v) is 10.4. The highest BCUT2D eigenvalue weighted by Gasteiger charge is 2.08. The van der Waals surface area contributed by atoms with Crippen molar-refractivity contribution in [3.63, 3.8) is 0 Å². The molecule has 0 aliphatic heterocycles. The monoisotopic (exact) mass is 208 g/mol. The summed E-state index contributed by atoms with van der Waals surface area (Å²) in [6.07, 6.45) is 1.22. The standard InChI is InChI=1S/C13H20S/c1-5-10(3)12-8-7-9-13(11(12)4)14-6-2/h7-10H,5-6H2,1-4H3. The zero-order valence-electron chi connectivity index (χ0n) is 9.63. The van der Waals surface area contributed by atoms with Crippen LogP contribution in [0.5, 0.6) is 0 Å². The lowest BCUT2D eigenvalue weighted by atomic mass is 9.94. The van der Waals surface area contributed by atoms with Crippen LogP contribution < -0.4 is 0 Å². The summed E-state index contributed by atoms with van der Waals surface area (Å²) < 4.78 is 0. The molecule has 1 atom stereocenters. The van der Waals surface area contributed by atoms with Crippen molar-refractivity contribution in [3.8, 4) is 0 Å². The third kappa shape index (κ3) is 2.54. The van der Waals surface area contributed by atoms with Crippen LogP contribution in [0, 0.1) is 6.92 Å². The summed E-state index contributed by atoms with van der Waals surface area (Å²) >= 11 is 1.94. The minimum Gasteiger partial charge on any atom is -0.126 e. The van der Waals surface area contributed by atoms with Crippen LogP contribution in [-0.4, -0.2) is 5.75 Å². The third-order valence-corrected chi connectivity index (χ3v) is 3.81. The maximum absolute atomic E-state index is 2.31. The Morgan fingerprint density at radius 2 is 2.00 bits per heavy atom. The summed E-state index contributed by atoms with van der Waals surface area (Å²) in [5.74, 6) is 1.84. The second-order valence-electron chi connectivity index (χ2n) is 3.71. The molecule has 0 saturated heterocycles. The molecule has 0 heterocycles. The van der Waals surface area contributed by atoms with Crippen LogP contribution in [0.1, 0.15) is 44.2 Å². The molecule has 1 heteroatoms. The smallest absolute Gasteiger partial charge is 0.0104 e. The predicted molar refractivity (Wildman–Crippen MR) is 66.3 cm³/mol. The molecule has 0 nitrogen and oxygen atoms in total. The molecule has 1 aromatic rings. The van der Waals surface area contributed by atoms with Crippen LogP contribution in [0.15, 0.2) is 23.1 Å². The first-order valence-corrected chi connectivity index (χ1v) is 6.41. The molecule has 0 spiro atoms. The Balaban J connectivity index is 3.00. The molecule has 1 rings (SSSR count). The fourth-order valence-corrected chi connectivity index (χ4v) is 2.52. The van der Waals surface area contributed by atoms with E-state index >= 15 is 0 Å². The number of hydrogen-bond donors (Lipinski definition) is 0. The van der Waals surface area contributed by atoms with Gasteiger partial charge in [-0.15, -0.1) is 11.8 Å². The SMILES string of the molecule is CCSc1cccc(C(C)CC)c1C. The van der Waals surface area contributed by atoms with Gasteiger partial charge in [0, 0.05) is 4.90 Å². The van der Waals surface area contributed by atoms with Crippen molar-refractivity contribution in [1.29, 1.82) is 0 Å². The van der Waals surface area contributed by atoms with E-state index in [1.54, 1.807) is 0 Å². The molecule has 1 aromatic carbocycles. The zero-order chi connectivity index (χ0) is 10.6. The molecule has 0 radical (unpaired) electrons. The van der Waals surface area contributed by atoms with Crippen LogP contribution in [0.2, 0.25) is 0 Å². The van der Waals surface area contributed by atoms with Gasteiger partial charge >= 0.3 is 0 Å². The molecule has 14 heavy (non-hydrogen) atoms. The quantitative estimate of drug-likeness (QED) is 0.651. The summed E-state index contributed by atoms with van der Waals surface area (Å²) in [6.45, 7) is 9.02. The second kappa shape index (κ2) is 5.45. The number of rotatable bonds is 4. The molecule has 0 aliphatic carbocycles. The van der Waals surface area contributed by atoms with E-state index in [2.05, 4.69) is 45.9 Å². The van der Waals surface area contributed by atoms with Gasteiger partial charge in [0.15, 0.2) is 0 Å².